The molecule has 0 fully saturated rings. The summed E-state index contributed by atoms with van der Waals surface area (Å²) in [6.45, 7) is 0. The number of anilines is 2. The average molecular weight is 363 g/mol. The Bertz CT molecular complexity index is 1090. The van der Waals surface area contributed by atoms with E-state index in [0.29, 0.717) is 23.0 Å². The molecule has 27 heavy (non-hydrogen) atoms. The fourth-order valence-corrected chi connectivity index (χ4v) is 2.67. The van der Waals surface area contributed by atoms with Crippen LogP contribution >= 0.6 is 0 Å². The van der Waals surface area contributed by atoms with Gasteiger partial charge in [-0.05, 0) is 36.4 Å². The number of methoxy groups -OCH3 is 2. The Morgan fingerprint density at radius 3 is 2.56 bits per heavy atom. The number of aromatic nitrogens is 4. The topological polar surface area (TPSA) is 94.3 Å². The van der Waals surface area contributed by atoms with Gasteiger partial charge >= 0.3 is 0 Å². The fourth-order valence-electron chi connectivity index (χ4n) is 2.67. The zero-order valence-electron chi connectivity index (χ0n) is 14.7. The van der Waals surface area contributed by atoms with Gasteiger partial charge in [0.25, 0.3) is 0 Å². The minimum Gasteiger partial charge on any atom is -0.504 e. The summed E-state index contributed by atoms with van der Waals surface area (Å²) in [5.41, 5.74) is 2.23. The lowest BCUT2D eigenvalue weighted by molar-refractivity contribution is 0.374. The molecule has 0 bridgehead atoms. The van der Waals surface area contributed by atoms with Gasteiger partial charge < -0.3 is 19.9 Å². The summed E-state index contributed by atoms with van der Waals surface area (Å²) in [5.74, 6) is 1.61. The third-order valence-corrected chi connectivity index (χ3v) is 4.06. The molecule has 2 heterocycles. The van der Waals surface area contributed by atoms with E-state index in [0.717, 1.165) is 16.8 Å². The van der Waals surface area contributed by atoms with Gasteiger partial charge in [-0.1, -0.05) is 0 Å². The van der Waals surface area contributed by atoms with E-state index in [9.17, 15) is 5.11 Å². The van der Waals surface area contributed by atoms with Gasteiger partial charge in [0, 0.05) is 18.0 Å². The number of rotatable bonds is 5. The second kappa shape index (κ2) is 6.83. The Morgan fingerprint density at radius 1 is 1.00 bits per heavy atom. The number of aromatic hydroxyl groups is 1. The van der Waals surface area contributed by atoms with Crippen molar-refractivity contribution in [3.05, 3.63) is 54.9 Å². The molecule has 0 amide bonds. The van der Waals surface area contributed by atoms with Crippen molar-refractivity contribution < 1.29 is 14.6 Å². The number of hydrogen-bond donors (Lipinski definition) is 2. The normalized spacial score (nSPS) is 10.7. The van der Waals surface area contributed by atoms with Crippen LogP contribution < -0.4 is 14.8 Å². The molecule has 0 atom stereocenters. The molecular weight excluding hydrogens is 346 g/mol. The van der Waals surface area contributed by atoms with Gasteiger partial charge in [0.05, 0.1) is 31.5 Å². The molecule has 0 aliphatic heterocycles. The van der Waals surface area contributed by atoms with Crippen LogP contribution in [0.3, 0.4) is 0 Å². The molecule has 4 aromatic rings. The van der Waals surface area contributed by atoms with Crippen molar-refractivity contribution in [2.45, 2.75) is 0 Å². The Kier molecular flexibility index (Phi) is 4.21. The molecule has 2 aromatic heterocycles. The summed E-state index contributed by atoms with van der Waals surface area (Å²) in [7, 11) is 3.12. The molecule has 136 valence electrons. The van der Waals surface area contributed by atoms with Crippen LogP contribution in [0.15, 0.2) is 54.9 Å². The van der Waals surface area contributed by atoms with Crippen LogP contribution in [0, 0.1) is 0 Å². The van der Waals surface area contributed by atoms with Gasteiger partial charge in [0.1, 0.15) is 5.75 Å². The number of benzene rings is 2. The van der Waals surface area contributed by atoms with Crippen molar-refractivity contribution in [2.24, 2.45) is 0 Å². The highest BCUT2D eigenvalue weighted by Crippen LogP contribution is 2.30. The summed E-state index contributed by atoms with van der Waals surface area (Å²) in [6, 6.07) is 12.5. The smallest absolute Gasteiger partial charge is 0.229 e. The highest BCUT2D eigenvalue weighted by atomic mass is 16.5. The summed E-state index contributed by atoms with van der Waals surface area (Å²) in [5, 5.41) is 18.0. The molecule has 2 aromatic carbocycles. The molecule has 0 aliphatic rings. The van der Waals surface area contributed by atoms with E-state index < -0.39 is 0 Å². The van der Waals surface area contributed by atoms with E-state index in [2.05, 4.69) is 20.4 Å². The number of nitrogens with zero attached hydrogens (tertiary/aromatic N) is 4. The van der Waals surface area contributed by atoms with Crippen LogP contribution in [-0.4, -0.2) is 39.1 Å². The molecule has 0 radical (unpaired) electrons. The van der Waals surface area contributed by atoms with Crippen LogP contribution in [0.5, 0.6) is 17.2 Å². The highest BCUT2D eigenvalue weighted by Gasteiger charge is 2.10. The van der Waals surface area contributed by atoms with Crippen LogP contribution in [0.4, 0.5) is 11.6 Å². The standard InChI is InChI=1S/C19H17N5O3/c1-26-15-6-4-14(5-7-15)24-18-12(11-21-24)10-20-19(23-18)22-13-3-8-16(25)17(9-13)27-2/h3-11,25H,1-2H3,(H,20,22,23). The molecule has 8 nitrogen and oxygen atoms in total. The number of fused-ring (bicyclic) bond motifs is 1. The van der Waals surface area contributed by atoms with E-state index in [4.69, 9.17) is 9.47 Å². The molecule has 0 spiro atoms. The maximum absolute atomic E-state index is 9.71. The van der Waals surface area contributed by atoms with Crippen molar-refractivity contribution in [1.29, 1.82) is 0 Å². The zero-order valence-corrected chi connectivity index (χ0v) is 14.7. The lowest BCUT2D eigenvalue weighted by Gasteiger charge is -2.09. The average Bonchev–Trinajstić information content (AvgIpc) is 3.13. The second-order valence-electron chi connectivity index (χ2n) is 5.74. The van der Waals surface area contributed by atoms with Gasteiger partial charge in [0.15, 0.2) is 17.1 Å². The number of hydrogen-bond acceptors (Lipinski definition) is 7. The van der Waals surface area contributed by atoms with Crippen molar-refractivity contribution in [3.63, 3.8) is 0 Å². The minimum absolute atomic E-state index is 0.0667. The quantitative estimate of drug-likeness (QED) is 0.526. The zero-order chi connectivity index (χ0) is 18.8. The van der Waals surface area contributed by atoms with Crippen molar-refractivity contribution in [3.8, 4) is 22.9 Å². The summed E-state index contributed by atoms with van der Waals surface area (Å²) < 4.78 is 12.1. The van der Waals surface area contributed by atoms with E-state index in [-0.39, 0.29) is 5.75 Å². The Labute approximate surface area is 155 Å². The summed E-state index contributed by atoms with van der Waals surface area (Å²) in [4.78, 5) is 8.89. The van der Waals surface area contributed by atoms with Gasteiger partial charge in [-0.25, -0.2) is 9.67 Å². The predicted molar refractivity (Wildman–Crippen MR) is 101 cm³/mol. The first-order valence-corrected chi connectivity index (χ1v) is 8.17. The van der Waals surface area contributed by atoms with E-state index in [1.54, 1.807) is 42.4 Å². The minimum atomic E-state index is 0.0667. The molecule has 8 heteroatoms. The Balaban J connectivity index is 1.69. The first-order chi connectivity index (χ1) is 13.2. The number of phenolic OH excluding ortho intramolecular Hbond substituents is 1. The largest absolute Gasteiger partial charge is 0.504 e. The second-order valence-corrected chi connectivity index (χ2v) is 5.74. The Hall–Kier alpha value is -3.81. The van der Waals surface area contributed by atoms with Crippen LogP contribution in [0.25, 0.3) is 16.7 Å². The van der Waals surface area contributed by atoms with Gasteiger partial charge in [-0.2, -0.15) is 10.1 Å². The first-order valence-electron chi connectivity index (χ1n) is 8.17. The maximum atomic E-state index is 9.71. The maximum Gasteiger partial charge on any atom is 0.229 e. The fraction of sp³-hybridized carbons (Fsp3) is 0.105. The molecule has 0 saturated heterocycles. The monoisotopic (exact) mass is 363 g/mol. The van der Waals surface area contributed by atoms with Gasteiger partial charge in [0.2, 0.25) is 5.95 Å². The number of nitrogens with one attached hydrogen (secondary N) is 1. The summed E-state index contributed by atoms with van der Waals surface area (Å²) >= 11 is 0. The molecule has 0 aliphatic carbocycles. The molecule has 0 saturated carbocycles. The van der Waals surface area contributed by atoms with E-state index in [1.165, 1.54) is 7.11 Å². The molecule has 2 N–H and O–H groups in total. The third kappa shape index (κ3) is 3.20. The number of phenols is 1. The summed E-state index contributed by atoms with van der Waals surface area (Å²) in [6.07, 6.45) is 3.42. The highest BCUT2D eigenvalue weighted by molar-refractivity contribution is 5.77. The van der Waals surface area contributed by atoms with E-state index >= 15 is 0 Å². The van der Waals surface area contributed by atoms with Gasteiger partial charge in [-0.3, -0.25) is 0 Å². The van der Waals surface area contributed by atoms with Crippen LogP contribution in [-0.2, 0) is 0 Å². The third-order valence-electron chi connectivity index (χ3n) is 4.06. The predicted octanol–water partition coefficient (Wildman–Crippen LogP) is 3.28. The Morgan fingerprint density at radius 2 is 1.81 bits per heavy atom. The lowest BCUT2D eigenvalue weighted by atomic mass is 10.3. The number of ether oxygens (including phenoxy) is 2. The molecule has 0 unspecified atom stereocenters. The van der Waals surface area contributed by atoms with Crippen molar-refractivity contribution in [1.82, 2.24) is 19.7 Å². The van der Waals surface area contributed by atoms with Gasteiger partial charge in [-0.15, -0.1) is 0 Å². The molecular formula is C19H17N5O3. The van der Waals surface area contributed by atoms with Crippen LogP contribution in [0.2, 0.25) is 0 Å². The van der Waals surface area contributed by atoms with Crippen molar-refractivity contribution in [2.75, 3.05) is 19.5 Å². The SMILES string of the molecule is COc1ccc(-n2ncc3cnc(Nc4ccc(O)c(OC)c4)nc32)cc1. The lowest BCUT2D eigenvalue weighted by Crippen LogP contribution is -2.01. The first kappa shape index (κ1) is 16.6. The van der Waals surface area contributed by atoms with Crippen molar-refractivity contribution >= 4 is 22.7 Å². The van der Waals surface area contributed by atoms with Crippen LogP contribution in [0.1, 0.15) is 0 Å². The van der Waals surface area contributed by atoms with E-state index in [1.807, 2.05) is 24.3 Å². The molecule has 4 rings (SSSR count).